The number of ether oxygens (including phenoxy) is 7. The number of unbranched alkanes of at least 4 members (excludes halogenated alkanes) is 20. The van der Waals surface area contributed by atoms with Crippen molar-refractivity contribution in [1.82, 2.24) is 9.88 Å². The highest BCUT2D eigenvalue weighted by Gasteiger charge is 2.35. The first-order valence-corrected chi connectivity index (χ1v) is 31.0. The second-order valence-electron chi connectivity index (χ2n) is 21.7. The van der Waals surface area contributed by atoms with Crippen molar-refractivity contribution in [1.29, 1.82) is 0 Å². The van der Waals surface area contributed by atoms with E-state index in [1.165, 1.54) is 4.90 Å². The van der Waals surface area contributed by atoms with E-state index in [4.69, 9.17) is 33.2 Å². The van der Waals surface area contributed by atoms with Crippen molar-refractivity contribution in [2.45, 2.75) is 245 Å². The highest BCUT2D eigenvalue weighted by atomic mass is 16.6. The Hall–Kier alpha value is -5.22. The largest absolute Gasteiger partial charge is 0.465 e. The van der Waals surface area contributed by atoms with Gasteiger partial charge in [0.25, 0.3) is 0 Å². The molecule has 1 aromatic rings. The van der Waals surface area contributed by atoms with E-state index in [9.17, 15) is 33.6 Å². The Balaban J connectivity index is 2.22. The number of aromatic nitrogens is 1. The Kier molecular flexibility index (Phi) is 42.0. The van der Waals surface area contributed by atoms with Crippen molar-refractivity contribution in [3.63, 3.8) is 0 Å². The number of rotatable bonds is 48. The van der Waals surface area contributed by atoms with Gasteiger partial charge in [0.2, 0.25) is 0 Å². The molecule has 0 aliphatic carbocycles. The molecule has 0 radical (unpaired) electrons. The van der Waals surface area contributed by atoms with Gasteiger partial charge in [0.05, 0.1) is 57.9 Å². The normalized spacial score (nSPS) is 14.1. The summed E-state index contributed by atoms with van der Waals surface area (Å²) in [5.41, 5.74) is 0.876. The molecule has 2 heterocycles. The number of hydrogen-bond acceptors (Lipinski definition) is 16. The number of carbonyl (C=O) groups excluding carboxylic acids is 7. The van der Waals surface area contributed by atoms with Crippen LogP contribution in [0.25, 0.3) is 0 Å². The maximum atomic E-state index is 14.3. The SMILES string of the molecule is CCCCCCCCC(=O)OCC(COC(=O)CCCCCCCC)CC(=O)OC[C@H]1CC=CC[C@@H](COC(=O)CC(COC(=O)CCCCCCCC)COC(=O)CCCCCCCC)N1C(=O)OCCN(C)c1ccncc1. The first-order chi connectivity index (χ1) is 38.9. The third-order valence-corrected chi connectivity index (χ3v) is 14.4. The minimum Gasteiger partial charge on any atom is -0.465 e. The molecule has 1 aliphatic heterocycles. The van der Waals surface area contributed by atoms with Crippen LogP contribution in [0.15, 0.2) is 36.7 Å². The number of pyridine rings is 1. The summed E-state index contributed by atoms with van der Waals surface area (Å²) < 4.78 is 40.2. The topological polar surface area (TPSA) is 203 Å². The molecule has 0 fully saturated rings. The first-order valence-electron chi connectivity index (χ1n) is 31.0. The van der Waals surface area contributed by atoms with Crippen LogP contribution in [0.2, 0.25) is 0 Å². The van der Waals surface area contributed by atoms with Gasteiger partial charge in [-0.3, -0.25) is 38.7 Å². The number of amides is 1. The first kappa shape index (κ1) is 70.9. The second-order valence-corrected chi connectivity index (χ2v) is 21.7. The second kappa shape index (κ2) is 47.4. The molecule has 1 aliphatic rings. The molecule has 0 bridgehead atoms. The van der Waals surface area contributed by atoms with E-state index < -0.39 is 42.0 Å². The number of hydrogen-bond donors (Lipinski definition) is 0. The predicted molar refractivity (Wildman–Crippen MR) is 311 cm³/mol. The van der Waals surface area contributed by atoms with Gasteiger partial charge < -0.3 is 38.1 Å². The van der Waals surface area contributed by atoms with Crippen LogP contribution in [0.3, 0.4) is 0 Å². The van der Waals surface area contributed by atoms with Crippen LogP contribution < -0.4 is 4.90 Å². The van der Waals surface area contributed by atoms with Gasteiger partial charge in [0, 0.05) is 62.6 Å². The minimum absolute atomic E-state index is 0.00820. The number of anilines is 1. The zero-order valence-corrected chi connectivity index (χ0v) is 50.1. The van der Waals surface area contributed by atoms with Crippen LogP contribution in [0, 0.1) is 11.8 Å². The van der Waals surface area contributed by atoms with E-state index in [1.807, 2.05) is 36.2 Å². The van der Waals surface area contributed by atoms with E-state index >= 15 is 0 Å². The molecular weight excluding hydrogens is 1020 g/mol. The number of nitrogens with zero attached hydrogens (tertiary/aromatic N) is 3. The lowest BCUT2D eigenvalue weighted by atomic mass is 10.1. The molecule has 456 valence electrons. The van der Waals surface area contributed by atoms with Crippen LogP contribution >= 0.6 is 0 Å². The molecule has 0 unspecified atom stereocenters. The van der Waals surface area contributed by atoms with Crippen molar-refractivity contribution < 1.29 is 66.7 Å². The van der Waals surface area contributed by atoms with Crippen LogP contribution in [0.4, 0.5) is 10.5 Å². The summed E-state index contributed by atoms with van der Waals surface area (Å²) in [5.74, 6) is -4.12. The molecule has 0 spiro atoms. The lowest BCUT2D eigenvalue weighted by molar-refractivity contribution is -0.156. The zero-order valence-electron chi connectivity index (χ0n) is 50.1. The lowest BCUT2D eigenvalue weighted by Gasteiger charge is -2.35. The smallest absolute Gasteiger partial charge is 0.410 e. The predicted octanol–water partition coefficient (Wildman–Crippen LogP) is 13.3. The molecule has 17 heteroatoms. The summed E-state index contributed by atoms with van der Waals surface area (Å²) in [6.45, 7) is 7.96. The quantitative estimate of drug-likeness (QED) is 0.0258. The molecule has 0 N–H and O–H groups in total. The van der Waals surface area contributed by atoms with E-state index in [2.05, 4.69) is 32.7 Å². The molecule has 2 atom stereocenters. The van der Waals surface area contributed by atoms with E-state index in [0.717, 1.165) is 134 Å². The van der Waals surface area contributed by atoms with E-state index in [-0.39, 0.29) is 121 Å². The average molecular weight is 1130 g/mol. The van der Waals surface area contributed by atoms with Crippen LogP contribution in [0.5, 0.6) is 0 Å². The summed E-state index contributed by atoms with van der Waals surface area (Å²) in [6, 6.07) is 2.21. The van der Waals surface area contributed by atoms with Gasteiger partial charge >= 0.3 is 41.9 Å². The molecule has 2 rings (SSSR count). The van der Waals surface area contributed by atoms with Crippen LogP contribution in [-0.2, 0) is 61.9 Å². The molecule has 0 aromatic carbocycles. The fourth-order valence-corrected chi connectivity index (χ4v) is 9.33. The molecule has 0 saturated carbocycles. The molecule has 0 saturated heterocycles. The Morgan fingerprint density at radius 2 is 0.787 bits per heavy atom. The average Bonchev–Trinajstić information content (AvgIpc) is 3.69. The Morgan fingerprint density at radius 3 is 1.12 bits per heavy atom. The summed E-state index contributed by atoms with van der Waals surface area (Å²) in [4.78, 5) is 100. The monoisotopic (exact) mass is 1130 g/mol. The fourth-order valence-electron chi connectivity index (χ4n) is 9.33. The van der Waals surface area contributed by atoms with Gasteiger partial charge in [-0.1, -0.05) is 168 Å². The van der Waals surface area contributed by atoms with Crippen molar-refractivity contribution in [3.8, 4) is 0 Å². The van der Waals surface area contributed by atoms with Gasteiger partial charge in [-0.15, -0.1) is 0 Å². The Bertz CT molecular complexity index is 1690. The highest BCUT2D eigenvalue weighted by Crippen LogP contribution is 2.23. The molecular formula is C63H105N3O14. The van der Waals surface area contributed by atoms with Crippen LogP contribution in [-0.4, -0.2) is 124 Å². The standard InChI is InChI=1S/C63H105N3O14/c1-6-10-14-18-22-26-34-57(67)75-46-52(47-76-58(68)35-27-23-19-15-11-7-2)44-61(71)79-50-55-32-30-31-33-56(66(55)63(73)74-43-42-65(5)54-38-40-64-41-39-54)51-80-62(72)45-53(48-77-59(69)36-28-24-20-16-12-8-3)49-78-60(70)37-29-25-21-17-13-9-4/h30-31,38-41,52-53,55-56H,6-29,32-37,42-51H2,1-5H3/t55-,56+. The van der Waals surface area contributed by atoms with Crippen molar-refractivity contribution in [2.75, 3.05) is 64.7 Å². The maximum absolute atomic E-state index is 14.3. The summed E-state index contributed by atoms with van der Waals surface area (Å²) >= 11 is 0. The summed E-state index contributed by atoms with van der Waals surface area (Å²) in [6.07, 6.45) is 31.9. The van der Waals surface area contributed by atoms with Gasteiger partial charge in [0.1, 0.15) is 19.8 Å². The Labute approximate surface area is 481 Å². The van der Waals surface area contributed by atoms with Gasteiger partial charge in [-0.2, -0.15) is 0 Å². The molecule has 17 nitrogen and oxygen atoms in total. The minimum atomic E-state index is -0.736. The maximum Gasteiger partial charge on any atom is 0.410 e. The summed E-state index contributed by atoms with van der Waals surface area (Å²) in [7, 11) is 1.87. The van der Waals surface area contributed by atoms with E-state index in [1.54, 1.807) is 12.4 Å². The van der Waals surface area contributed by atoms with Crippen molar-refractivity contribution in [3.05, 3.63) is 36.7 Å². The van der Waals surface area contributed by atoms with Crippen molar-refractivity contribution >= 4 is 47.6 Å². The van der Waals surface area contributed by atoms with E-state index in [0.29, 0.717) is 32.2 Å². The van der Waals surface area contributed by atoms with Crippen LogP contribution in [0.1, 0.15) is 233 Å². The molecule has 1 aromatic heterocycles. The number of likely N-dealkylation sites (N-methyl/N-ethyl adjacent to an activating group) is 1. The third-order valence-electron chi connectivity index (χ3n) is 14.4. The van der Waals surface area contributed by atoms with Gasteiger partial charge in [-0.05, 0) is 50.7 Å². The zero-order chi connectivity index (χ0) is 58.3. The molecule has 80 heavy (non-hydrogen) atoms. The van der Waals surface area contributed by atoms with Gasteiger partial charge in [0.15, 0.2) is 0 Å². The Morgan fingerprint density at radius 1 is 0.463 bits per heavy atom. The third kappa shape index (κ3) is 36.2. The lowest BCUT2D eigenvalue weighted by Crippen LogP contribution is -2.51. The highest BCUT2D eigenvalue weighted by molar-refractivity contribution is 5.73. The number of carbonyl (C=O) groups is 7. The fraction of sp³-hybridized carbons (Fsp3) is 0.778. The number of esters is 6. The summed E-state index contributed by atoms with van der Waals surface area (Å²) in [5, 5.41) is 0. The molecule has 1 amide bonds. The van der Waals surface area contributed by atoms with Crippen molar-refractivity contribution in [2.24, 2.45) is 11.8 Å². The van der Waals surface area contributed by atoms with Gasteiger partial charge in [-0.25, -0.2) is 4.79 Å².